The van der Waals surface area contributed by atoms with Gasteiger partial charge in [-0.1, -0.05) is 32.1 Å². The van der Waals surface area contributed by atoms with Crippen molar-refractivity contribution >= 4 is 11.8 Å². The molecule has 1 fully saturated rings. The van der Waals surface area contributed by atoms with Gasteiger partial charge in [-0.3, -0.25) is 9.59 Å². The zero-order valence-electron chi connectivity index (χ0n) is 14.0. The summed E-state index contributed by atoms with van der Waals surface area (Å²) in [7, 11) is 0. The molecule has 0 saturated heterocycles. The van der Waals surface area contributed by atoms with E-state index in [-0.39, 0.29) is 16.3 Å². The van der Waals surface area contributed by atoms with Gasteiger partial charge < -0.3 is 21.1 Å². The van der Waals surface area contributed by atoms with E-state index in [9.17, 15) is 24.9 Å². The number of benzene rings is 1. The van der Waals surface area contributed by atoms with Crippen LogP contribution in [-0.2, 0) is 4.79 Å². The number of nitrogens with two attached hydrogens (primary N) is 2. The van der Waals surface area contributed by atoms with Crippen LogP contribution in [0.15, 0.2) is 18.2 Å². The number of nitrogens with zero attached hydrogens (tertiary/aromatic N) is 1. The quantitative estimate of drug-likeness (QED) is 0.296. The van der Waals surface area contributed by atoms with Crippen LogP contribution in [-0.4, -0.2) is 44.3 Å². The van der Waals surface area contributed by atoms with E-state index in [1.807, 2.05) is 0 Å². The van der Waals surface area contributed by atoms with E-state index in [0.717, 1.165) is 37.8 Å². The van der Waals surface area contributed by atoms with Crippen LogP contribution in [0.1, 0.15) is 48.9 Å². The molecule has 2 rings (SSSR count). The first-order chi connectivity index (χ1) is 11.8. The number of phenols is 2. The molecule has 0 heterocycles. The van der Waals surface area contributed by atoms with Crippen LogP contribution in [0.3, 0.4) is 0 Å². The molecule has 8 heteroatoms. The molecule has 0 bridgehead atoms. The molecule has 1 aliphatic carbocycles. The van der Waals surface area contributed by atoms with Crippen molar-refractivity contribution in [1.82, 2.24) is 5.01 Å². The predicted molar refractivity (Wildman–Crippen MR) is 90.3 cm³/mol. The summed E-state index contributed by atoms with van der Waals surface area (Å²) in [4.78, 5) is 24.5. The maximum Gasteiger partial charge on any atom is 0.278 e. The number of amides is 2. The molecule has 0 aliphatic heterocycles. The van der Waals surface area contributed by atoms with E-state index >= 15 is 0 Å². The van der Waals surface area contributed by atoms with E-state index in [1.54, 1.807) is 0 Å². The minimum absolute atomic E-state index is 0.238. The maximum atomic E-state index is 12.2. The highest BCUT2D eigenvalue weighted by Crippen LogP contribution is 2.28. The van der Waals surface area contributed by atoms with Gasteiger partial charge in [0.2, 0.25) is 0 Å². The highest BCUT2D eigenvalue weighted by molar-refractivity contribution is 6.06. The van der Waals surface area contributed by atoms with E-state index < -0.39 is 29.7 Å². The fraction of sp³-hybridized carbons (Fsp3) is 0.529. The lowest BCUT2D eigenvalue weighted by Gasteiger charge is -2.28. The second kappa shape index (κ2) is 8.28. The molecule has 1 unspecified atom stereocenters. The number of aliphatic hydroxyl groups excluding tert-OH is 1. The van der Waals surface area contributed by atoms with Gasteiger partial charge in [-0.2, -0.15) is 0 Å². The molecule has 8 nitrogen and oxygen atoms in total. The van der Waals surface area contributed by atoms with Crippen molar-refractivity contribution < 1.29 is 24.9 Å². The number of imide groups is 1. The Balaban J connectivity index is 2.00. The van der Waals surface area contributed by atoms with Gasteiger partial charge in [0.25, 0.3) is 11.8 Å². The van der Waals surface area contributed by atoms with Gasteiger partial charge in [0.15, 0.2) is 0 Å². The second-order valence-corrected chi connectivity index (χ2v) is 6.56. The molecular formula is C17H25N3O5. The molecule has 0 aromatic heterocycles. The Morgan fingerprint density at radius 3 is 2.44 bits per heavy atom. The number of carbonyl (C=O) groups is 2. The second-order valence-electron chi connectivity index (χ2n) is 6.56. The lowest BCUT2D eigenvalue weighted by molar-refractivity contribution is -0.138. The van der Waals surface area contributed by atoms with Crippen molar-refractivity contribution in [3.63, 3.8) is 0 Å². The molecule has 1 aromatic rings. The van der Waals surface area contributed by atoms with E-state index in [4.69, 9.17) is 11.6 Å². The molecule has 25 heavy (non-hydrogen) atoms. The molecule has 2 amide bonds. The molecule has 7 N–H and O–H groups in total. The normalized spacial score (nSPS) is 17.7. The highest BCUT2D eigenvalue weighted by Gasteiger charge is 2.32. The summed E-state index contributed by atoms with van der Waals surface area (Å²) in [6.45, 7) is 0. The molecular weight excluding hydrogens is 326 g/mol. The molecule has 2 atom stereocenters. The molecule has 1 aliphatic rings. The van der Waals surface area contributed by atoms with Crippen molar-refractivity contribution in [2.45, 2.75) is 50.7 Å². The monoisotopic (exact) mass is 351 g/mol. The Bertz CT molecular complexity index is 631. The summed E-state index contributed by atoms with van der Waals surface area (Å²) in [6.07, 6.45) is 4.33. The lowest BCUT2D eigenvalue weighted by atomic mass is 9.84. The van der Waals surface area contributed by atoms with Gasteiger partial charge in [0, 0.05) is 12.1 Å². The Kier molecular flexibility index (Phi) is 6.35. The van der Waals surface area contributed by atoms with Crippen molar-refractivity contribution in [1.29, 1.82) is 0 Å². The summed E-state index contributed by atoms with van der Waals surface area (Å²) in [5.41, 5.74) is 5.67. The molecule has 1 aromatic carbocycles. The third kappa shape index (κ3) is 4.68. The van der Waals surface area contributed by atoms with Gasteiger partial charge in [0.05, 0.1) is 5.56 Å². The van der Waals surface area contributed by atoms with E-state index in [0.29, 0.717) is 12.3 Å². The van der Waals surface area contributed by atoms with Gasteiger partial charge in [0.1, 0.15) is 17.6 Å². The van der Waals surface area contributed by atoms with Crippen LogP contribution in [0, 0.1) is 5.92 Å². The summed E-state index contributed by atoms with van der Waals surface area (Å²) < 4.78 is 0. The topological polar surface area (TPSA) is 150 Å². The first-order valence-corrected chi connectivity index (χ1v) is 8.40. The average molecular weight is 351 g/mol. The van der Waals surface area contributed by atoms with Crippen molar-refractivity contribution in [3.05, 3.63) is 23.8 Å². The highest BCUT2D eigenvalue weighted by atomic mass is 16.3. The zero-order valence-corrected chi connectivity index (χ0v) is 14.0. The Morgan fingerprint density at radius 1 is 1.20 bits per heavy atom. The molecule has 0 radical (unpaired) electrons. The number of carbonyl (C=O) groups excluding carboxylic acids is 2. The van der Waals surface area contributed by atoms with Crippen LogP contribution >= 0.6 is 0 Å². The summed E-state index contributed by atoms with van der Waals surface area (Å²) >= 11 is 0. The summed E-state index contributed by atoms with van der Waals surface area (Å²) in [5, 5.41) is 29.3. The predicted octanol–water partition coefficient (Wildman–Crippen LogP) is 0.599. The fourth-order valence-electron chi connectivity index (χ4n) is 3.19. The smallest absolute Gasteiger partial charge is 0.278 e. The Hall–Kier alpha value is -2.16. The third-order valence-corrected chi connectivity index (χ3v) is 4.66. The minimum Gasteiger partial charge on any atom is -0.508 e. The molecule has 1 saturated carbocycles. The number of phenolic OH excluding ortho intramolecular Hbond substituents is 2. The van der Waals surface area contributed by atoms with Crippen molar-refractivity contribution in [2.24, 2.45) is 17.5 Å². The largest absolute Gasteiger partial charge is 0.508 e. The first kappa shape index (κ1) is 19.2. The summed E-state index contributed by atoms with van der Waals surface area (Å²) in [6, 6.07) is 2.45. The number of aromatic hydroxyl groups is 2. The van der Waals surface area contributed by atoms with E-state index in [1.165, 1.54) is 12.5 Å². The van der Waals surface area contributed by atoms with Crippen LogP contribution < -0.4 is 11.6 Å². The fourth-order valence-corrected chi connectivity index (χ4v) is 3.19. The van der Waals surface area contributed by atoms with Gasteiger partial charge in [-0.05, 0) is 24.5 Å². The summed E-state index contributed by atoms with van der Waals surface area (Å²) in [5.74, 6) is 3.09. The average Bonchev–Trinajstić information content (AvgIpc) is 2.60. The molecule has 138 valence electrons. The van der Waals surface area contributed by atoms with Gasteiger partial charge >= 0.3 is 0 Å². The number of hydrogen-bond acceptors (Lipinski definition) is 7. The van der Waals surface area contributed by atoms with Crippen LogP contribution in [0.5, 0.6) is 11.5 Å². The first-order valence-electron chi connectivity index (χ1n) is 8.40. The molecule has 0 spiro atoms. The number of hydrazine groups is 1. The van der Waals surface area contributed by atoms with Gasteiger partial charge in [-0.25, -0.2) is 10.9 Å². The Labute approximate surface area is 146 Å². The van der Waals surface area contributed by atoms with E-state index in [2.05, 4.69) is 0 Å². The van der Waals surface area contributed by atoms with Gasteiger partial charge in [-0.15, -0.1) is 0 Å². The maximum absolute atomic E-state index is 12.2. The number of aliphatic hydroxyl groups is 1. The van der Waals surface area contributed by atoms with Crippen LogP contribution in [0.2, 0.25) is 0 Å². The number of hydrogen-bond donors (Lipinski definition) is 5. The minimum atomic E-state index is -1.60. The lowest BCUT2D eigenvalue weighted by Crippen LogP contribution is -2.53. The standard InChI is InChI=1S/C17H25N3O5/c18-13(8-10-4-2-1-3-5-10)15(23)17(25)20(19)16(24)12-7-6-11(21)9-14(12)22/h6-7,9-10,13,15,21-23H,1-5,8,18-19H2/t13-,15?/m1/s1. The van der Waals surface area contributed by atoms with Crippen LogP contribution in [0.4, 0.5) is 0 Å². The third-order valence-electron chi connectivity index (χ3n) is 4.66. The van der Waals surface area contributed by atoms with Crippen LogP contribution in [0.25, 0.3) is 0 Å². The SMILES string of the molecule is N[C@H](CC1CCCCC1)C(O)C(=O)N(N)C(=O)c1ccc(O)cc1O. The van der Waals surface area contributed by atoms with Crippen molar-refractivity contribution in [2.75, 3.05) is 0 Å². The Morgan fingerprint density at radius 2 is 1.84 bits per heavy atom. The number of rotatable bonds is 5. The zero-order chi connectivity index (χ0) is 18.6. The van der Waals surface area contributed by atoms with Crippen molar-refractivity contribution in [3.8, 4) is 11.5 Å².